The van der Waals surface area contributed by atoms with Crippen molar-refractivity contribution in [2.24, 2.45) is 5.92 Å². The standard InChI is InChI=1S/C19H14N4O4S/c24-16(8-1-2-8)23-19-22-13(7-28-19)9-3-4-12-10(5-9)14-11(18(26)27)6-20-15(14)17(25)21-12/h3-8,20H,1-2H2,(H,21,25)(H,26,27)(H,22,23,24). The van der Waals surface area contributed by atoms with Crippen LogP contribution in [0.1, 0.15) is 23.2 Å². The lowest BCUT2D eigenvalue weighted by atomic mass is 10.0. The van der Waals surface area contributed by atoms with E-state index in [4.69, 9.17) is 0 Å². The zero-order valence-corrected chi connectivity index (χ0v) is 15.2. The number of carbonyl (C=O) groups is 2. The van der Waals surface area contributed by atoms with E-state index in [1.54, 1.807) is 18.2 Å². The zero-order valence-electron chi connectivity index (χ0n) is 14.4. The van der Waals surface area contributed by atoms with Crippen molar-refractivity contribution in [2.75, 3.05) is 5.32 Å². The van der Waals surface area contributed by atoms with E-state index in [0.717, 1.165) is 18.4 Å². The summed E-state index contributed by atoms with van der Waals surface area (Å²) in [6.45, 7) is 0. The van der Waals surface area contributed by atoms with E-state index >= 15 is 0 Å². The number of nitrogens with one attached hydrogen (secondary N) is 3. The highest BCUT2D eigenvalue weighted by atomic mass is 32.1. The zero-order chi connectivity index (χ0) is 19.4. The molecule has 140 valence electrons. The van der Waals surface area contributed by atoms with Gasteiger partial charge in [-0.3, -0.25) is 9.59 Å². The Morgan fingerprint density at radius 3 is 2.86 bits per heavy atom. The van der Waals surface area contributed by atoms with Crippen LogP contribution in [0.3, 0.4) is 0 Å². The quantitative estimate of drug-likeness (QED) is 0.423. The first kappa shape index (κ1) is 16.7. The minimum Gasteiger partial charge on any atom is -0.478 e. The normalized spacial score (nSPS) is 13.9. The van der Waals surface area contributed by atoms with E-state index in [9.17, 15) is 19.5 Å². The minimum absolute atomic E-state index is 0.00267. The van der Waals surface area contributed by atoms with Crippen molar-refractivity contribution >= 4 is 50.2 Å². The van der Waals surface area contributed by atoms with Crippen molar-refractivity contribution < 1.29 is 14.7 Å². The number of carboxylic acids is 1. The Labute approximate surface area is 161 Å². The first-order valence-corrected chi connectivity index (χ1v) is 9.56. The van der Waals surface area contributed by atoms with Crippen LogP contribution in [-0.2, 0) is 4.79 Å². The van der Waals surface area contributed by atoms with Gasteiger partial charge in [-0.25, -0.2) is 9.78 Å². The Bertz CT molecular complexity index is 1330. The van der Waals surface area contributed by atoms with Crippen LogP contribution in [0.4, 0.5) is 5.13 Å². The van der Waals surface area contributed by atoms with Crippen LogP contribution in [0.25, 0.3) is 33.1 Å². The summed E-state index contributed by atoms with van der Waals surface area (Å²) in [5, 5.41) is 15.6. The molecule has 4 N–H and O–H groups in total. The summed E-state index contributed by atoms with van der Waals surface area (Å²) in [4.78, 5) is 45.7. The summed E-state index contributed by atoms with van der Waals surface area (Å²) in [6.07, 6.45) is 3.17. The van der Waals surface area contributed by atoms with Gasteiger partial charge in [0.25, 0.3) is 5.56 Å². The molecular weight excluding hydrogens is 380 g/mol. The number of carbonyl (C=O) groups excluding carboxylic acids is 1. The highest BCUT2D eigenvalue weighted by molar-refractivity contribution is 7.14. The van der Waals surface area contributed by atoms with E-state index < -0.39 is 5.97 Å². The van der Waals surface area contributed by atoms with Crippen LogP contribution in [0, 0.1) is 5.92 Å². The number of amides is 1. The molecule has 8 nitrogen and oxygen atoms in total. The molecular formula is C19H14N4O4S. The number of benzene rings is 1. The molecule has 0 spiro atoms. The summed E-state index contributed by atoms with van der Waals surface area (Å²) in [5.41, 5.74) is 1.87. The molecule has 0 unspecified atom stereocenters. The van der Waals surface area contributed by atoms with Gasteiger partial charge >= 0.3 is 5.97 Å². The number of hydrogen-bond acceptors (Lipinski definition) is 5. The fraction of sp³-hybridized carbons (Fsp3) is 0.158. The van der Waals surface area contributed by atoms with E-state index in [2.05, 4.69) is 20.3 Å². The molecule has 1 saturated carbocycles. The molecule has 3 heterocycles. The highest BCUT2D eigenvalue weighted by Gasteiger charge is 2.30. The number of anilines is 1. The number of hydrogen-bond donors (Lipinski definition) is 4. The fourth-order valence-electron chi connectivity index (χ4n) is 3.27. The van der Waals surface area contributed by atoms with Crippen molar-refractivity contribution in [2.45, 2.75) is 12.8 Å². The van der Waals surface area contributed by atoms with Gasteiger partial charge in [0.05, 0.1) is 11.3 Å². The van der Waals surface area contributed by atoms with Crippen LogP contribution < -0.4 is 10.9 Å². The summed E-state index contributed by atoms with van der Waals surface area (Å²) < 4.78 is 0. The molecule has 1 aliphatic carbocycles. The van der Waals surface area contributed by atoms with Gasteiger partial charge in [0.1, 0.15) is 5.52 Å². The van der Waals surface area contributed by atoms with Gasteiger partial charge < -0.3 is 20.4 Å². The molecule has 9 heteroatoms. The van der Waals surface area contributed by atoms with Gasteiger partial charge in [-0.2, -0.15) is 0 Å². The van der Waals surface area contributed by atoms with Gasteiger partial charge in [0.2, 0.25) is 5.91 Å². The number of aromatic amines is 2. The topological polar surface area (TPSA) is 128 Å². The molecule has 0 radical (unpaired) electrons. The first-order chi connectivity index (χ1) is 13.5. The molecule has 1 fully saturated rings. The maximum Gasteiger partial charge on any atom is 0.337 e. The SMILES string of the molecule is O=C(O)c1c[nH]c2c(=O)[nH]c3ccc(-c4csc(NC(=O)C5CC5)n4)cc3c12. The third-order valence-corrected chi connectivity index (χ3v) is 5.61. The molecule has 1 aliphatic rings. The number of nitrogens with zero attached hydrogens (tertiary/aromatic N) is 1. The summed E-state index contributed by atoms with van der Waals surface area (Å²) in [6, 6.07) is 5.33. The number of pyridine rings is 1. The number of fused-ring (bicyclic) bond motifs is 3. The van der Waals surface area contributed by atoms with Crippen molar-refractivity contribution in [1.82, 2.24) is 15.0 Å². The molecule has 4 aromatic rings. The van der Waals surface area contributed by atoms with Crippen molar-refractivity contribution in [1.29, 1.82) is 0 Å². The predicted molar refractivity (Wildman–Crippen MR) is 106 cm³/mol. The summed E-state index contributed by atoms with van der Waals surface area (Å²) in [5.74, 6) is -1.01. The maximum absolute atomic E-state index is 12.2. The molecule has 0 atom stereocenters. The second kappa shape index (κ2) is 6.03. The van der Waals surface area contributed by atoms with Gasteiger partial charge in [-0.15, -0.1) is 11.3 Å². The number of H-pyrrole nitrogens is 2. The Balaban J connectivity index is 1.62. The second-order valence-electron chi connectivity index (χ2n) is 6.77. The van der Waals surface area contributed by atoms with Crippen molar-refractivity contribution in [3.63, 3.8) is 0 Å². The van der Waals surface area contributed by atoms with Gasteiger partial charge in [-0.05, 0) is 25.0 Å². The lowest BCUT2D eigenvalue weighted by molar-refractivity contribution is -0.117. The van der Waals surface area contributed by atoms with Crippen LogP contribution in [0.2, 0.25) is 0 Å². The number of thiazole rings is 1. The number of aromatic carboxylic acids is 1. The van der Waals surface area contributed by atoms with E-state index in [-0.39, 0.29) is 28.5 Å². The van der Waals surface area contributed by atoms with Crippen molar-refractivity contribution in [3.8, 4) is 11.3 Å². The van der Waals surface area contributed by atoms with Crippen LogP contribution in [0.15, 0.2) is 34.6 Å². The second-order valence-corrected chi connectivity index (χ2v) is 7.63. The van der Waals surface area contributed by atoms with Crippen LogP contribution in [-0.4, -0.2) is 31.9 Å². The lowest BCUT2D eigenvalue weighted by Crippen LogP contribution is -2.12. The third kappa shape index (κ3) is 2.67. The molecule has 0 bridgehead atoms. The number of rotatable bonds is 4. The molecule has 1 aromatic carbocycles. The average Bonchev–Trinajstić information content (AvgIpc) is 3.25. The van der Waals surface area contributed by atoms with E-state index in [1.807, 2.05) is 5.38 Å². The van der Waals surface area contributed by atoms with Crippen LogP contribution in [0.5, 0.6) is 0 Å². The van der Waals surface area contributed by atoms with Crippen molar-refractivity contribution in [3.05, 3.63) is 45.7 Å². The molecule has 3 aromatic heterocycles. The number of carboxylic acid groups (broad SMARTS) is 1. The Kier molecular flexibility index (Phi) is 3.59. The summed E-state index contributed by atoms with van der Waals surface area (Å²) >= 11 is 1.34. The summed E-state index contributed by atoms with van der Waals surface area (Å²) in [7, 11) is 0. The fourth-order valence-corrected chi connectivity index (χ4v) is 3.99. The largest absolute Gasteiger partial charge is 0.478 e. The van der Waals surface area contributed by atoms with Gasteiger partial charge in [0.15, 0.2) is 5.13 Å². The highest BCUT2D eigenvalue weighted by Crippen LogP contribution is 2.33. The van der Waals surface area contributed by atoms with Gasteiger partial charge in [0, 0.05) is 39.3 Å². The minimum atomic E-state index is -1.11. The third-order valence-electron chi connectivity index (χ3n) is 4.85. The first-order valence-electron chi connectivity index (χ1n) is 8.68. The molecule has 28 heavy (non-hydrogen) atoms. The lowest BCUT2D eigenvalue weighted by Gasteiger charge is -2.04. The Hall–Kier alpha value is -3.46. The molecule has 1 amide bonds. The molecule has 0 saturated heterocycles. The van der Waals surface area contributed by atoms with E-state index in [1.165, 1.54) is 17.5 Å². The smallest absolute Gasteiger partial charge is 0.337 e. The Morgan fingerprint density at radius 1 is 1.29 bits per heavy atom. The van der Waals surface area contributed by atoms with Crippen LogP contribution >= 0.6 is 11.3 Å². The predicted octanol–water partition coefficient (Wildman–Crippen LogP) is 3.18. The molecule has 5 rings (SSSR count). The maximum atomic E-state index is 12.2. The number of aromatic nitrogens is 3. The molecule has 0 aliphatic heterocycles. The monoisotopic (exact) mass is 394 g/mol. The van der Waals surface area contributed by atoms with E-state index in [0.29, 0.717) is 27.1 Å². The average molecular weight is 394 g/mol. The van der Waals surface area contributed by atoms with Gasteiger partial charge in [-0.1, -0.05) is 6.07 Å². The Morgan fingerprint density at radius 2 is 2.11 bits per heavy atom.